The molecule has 1 aromatic heterocycles. The molecular weight excluding hydrogens is 409 g/mol. The molecule has 5 nitrogen and oxygen atoms in total. The number of aromatic nitrogens is 2. The minimum absolute atomic E-state index is 0.0514. The SMILES string of the molecule is O=CC(O)c1ccccc1-c1ccc2nc(COc3ccc(C(F)(F)F)cc3)[nH]c2c1. The van der Waals surface area contributed by atoms with Gasteiger partial charge in [-0.15, -0.1) is 0 Å². The van der Waals surface area contributed by atoms with Crippen LogP contribution in [0.2, 0.25) is 0 Å². The van der Waals surface area contributed by atoms with Crippen molar-refractivity contribution in [3.63, 3.8) is 0 Å². The molecule has 4 rings (SSSR count). The monoisotopic (exact) mass is 426 g/mol. The third kappa shape index (κ3) is 4.44. The van der Waals surface area contributed by atoms with Crippen molar-refractivity contribution in [3.8, 4) is 16.9 Å². The highest BCUT2D eigenvalue weighted by Gasteiger charge is 2.30. The standard InChI is InChI=1S/C23H17F3N2O3/c24-23(25,26)15-6-8-16(9-7-15)31-13-22-27-19-10-5-14(11-20(19)28-22)17-3-1-2-4-18(17)21(30)12-29/h1-12,21,30H,13H2,(H,27,28). The number of carbonyl (C=O) groups excluding carboxylic acids is 1. The molecule has 3 aromatic carbocycles. The molecule has 0 fully saturated rings. The number of aldehydes is 1. The summed E-state index contributed by atoms with van der Waals surface area (Å²) in [4.78, 5) is 18.6. The van der Waals surface area contributed by atoms with Gasteiger partial charge >= 0.3 is 6.18 Å². The Morgan fingerprint density at radius 2 is 1.81 bits per heavy atom. The van der Waals surface area contributed by atoms with E-state index in [4.69, 9.17) is 4.74 Å². The second-order valence-electron chi connectivity index (χ2n) is 6.89. The Hall–Kier alpha value is -3.65. The van der Waals surface area contributed by atoms with Gasteiger partial charge in [0.2, 0.25) is 0 Å². The summed E-state index contributed by atoms with van der Waals surface area (Å²) in [6, 6.07) is 17.0. The summed E-state index contributed by atoms with van der Waals surface area (Å²) in [6.45, 7) is 0.0514. The van der Waals surface area contributed by atoms with Crippen molar-refractivity contribution in [2.75, 3.05) is 0 Å². The van der Waals surface area contributed by atoms with Gasteiger partial charge in [0.25, 0.3) is 0 Å². The highest BCUT2D eigenvalue weighted by Crippen LogP contribution is 2.31. The smallest absolute Gasteiger partial charge is 0.416 e. The average Bonchev–Trinajstić information content (AvgIpc) is 3.19. The zero-order chi connectivity index (χ0) is 22.0. The van der Waals surface area contributed by atoms with Crippen LogP contribution in [0.1, 0.15) is 23.1 Å². The molecule has 0 saturated carbocycles. The fraction of sp³-hybridized carbons (Fsp3) is 0.130. The Bertz CT molecular complexity index is 1220. The van der Waals surface area contributed by atoms with Crippen LogP contribution in [0.4, 0.5) is 13.2 Å². The second-order valence-corrected chi connectivity index (χ2v) is 6.89. The molecule has 1 atom stereocenters. The number of imidazole rings is 1. The highest BCUT2D eigenvalue weighted by atomic mass is 19.4. The minimum Gasteiger partial charge on any atom is -0.486 e. The number of benzene rings is 3. The maximum absolute atomic E-state index is 12.6. The van der Waals surface area contributed by atoms with Gasteiger partial charge < -0.3 is 19.6 Å². The molecule has 0 spiro atoms. The third-order valence-corrected chi connectivity index (χ3v) is 4.81. The number of aliphatic hydroxyl groups excluding tert-OH is 1. The van der Waals surface area contributed by atoms with E-state index < -0.39 is 17.8 Å². The Kier molecular flexibility index (Phi) is 5.48. The number of fused-ring (bicyclic) bond motifs is 1. The van der Waals surface area contributed by atoms with Gasteiger partial charge in [0, 0.05) is 0 Å². The van der Waals surface area contributed by atoms with Gasteiger partial charge in [-0.2, -0.15) is 13.2 Å². The van der Waals surface area contributed by atoms with Gasteiger partial charge in [0.1, 0.15) is 24.3 Å². The summed E-state index contributed by atoms with van der Waals surface area (Å²) in [6.07, 6.45) is -5.14. The Morgan fingerprint density at radius 1 is 1.06 bits per heavy atom. The lowest BCUT2D eigenvalue weighted by molar-refractivity contribution is -0.137. The molecule has 4 aromatic rings. The van der Waals surface area contributed by atoms with Crippen LogP contribution in [0.15, 0.2) is 66.7 Å². The number of nitrogens with zero attached hydrogens (tertiary/aromatic N) is 1. The molecule has 0 saturated heterocycles. The van der Waals surface area contributed by atoms with Crippen molar-refractivity contribution >= 4 is 17.3 Å². The number of alkyl halides is 3. The summed E-state index contributed by atoms with van der Waals surface area (Å²) in [7, 11) is 0. The predicted octanol–water partition coefficient (Wildman–Crippen LogP) is 5.06. The lowest BCUT2D eigenvalue weighted by Crippen LogP contribution is -2.04. The highest BCUT2D eigenvalue weighted by molar-refractivity contribution is 5.83. The molecule has 0 bridgehead atoms. The number of nitrogens with one attached hydrogen (secondary N) is 1. The quantitative estimate of drug-likeness (QED) is 0.423. The molecule has 1 heterocycles. The average molecular weight is 426 g/mol. The Labute approximate surface area is 175 Å². The molecule has 1 unspecified atom stereocenters. The number of aromatic amines is 1. The maximum Gasteiger partial charge on any atom is 0.416 e. The molecule has 31 heavy (non-hydrogen) atoms. The number of carbonyl (C=O) groups is 1. The van der Waals surface area contributed by atoms with Gasteiger partial charge in [-0.25, -0.2) is 4.98 Å². The molecule has 0 radical (unpaired) electrons. The molecular formula is C23H17F3N2O3. The van der Waals surface area contributed by atoms with E-state index in [0.717, 1.165) is 28.8 Å². The van der Waals surface area contributed by atoms with Crippen molar-refractivity contribution in [2.45, 2.75) is 18.9 Å². The minimum atomic E-state index is -4.39. The van der Waals surface area contributed by atoms with E-state index in [1.807, 2.05) is 24.3 Å². The predicted molar refractivity (Wildman–Crippen MR) is 108 cm³/mol. The van der Waals surface area contributed by atoms with E-state index >= 15 is 0 Å². The zero-order valence-electron chi connectivity index (χ0n) is 16.1. The van der Waals surface area contributed by atoms with Crippen molar-refractivity contribution in [3.05, 3.63) is 83.7 Å². The van der Waals surface area contributed by atoms with Crippen LogP contribution < -0.4 is 4.74 Å². The largest absolute Gasteiger partial charge is 0.486 e. The molecule has 0 aliphatic heterocycles. The number of rotatable bonds is 6. The van der Waals surface area contributed by atoms with Crippen molar-refractivity contribution < 1.29 is 27.8 Å². The van der Waals surface area contributed by atoms with Gasteiger partial charge in [0.15, 0.2) is 6.29 Å². The number of ether oxygens (including phenoxy) is 1. The number of hydrogen-bond acceptors (Lipinski definition) is 4. The van der Waals surface area contributed by atoms with E-state index in [1.165, 1.54) is 12.1 Å². The van der Waals surface area contributed by atoms with Crippen LogP contribution in [0.25, 0.3) is 22.2 Å². The first kappa shape index (κ1) is 20.6. The molecule has 0 aliphatic rings. The number of aliphatic hydroxyl groups is 1. The number of hydrogen-bond donors (Lipinski definition) is 2. The second kappa shape index (κ2) is 8.23. The van der Waals surface area contributed by atoms with E-state index in [1.54, 1.807) is 18.2 Å². The lowest BCUT2D eigenvalue weighted by Gasteiger charge is -2.11. The molecule has 0 amide bonds. The third-order valence-electron chi connectivity index (χ3n) is 4.81. The summed E-state index contributed by atoms with van der Waals surface area (Å²) >= 11 is 0. The van der Waals surface area contributed by atoms with Gasteiger partial charge in [-0.05, 0) is 53.1 Å². The van der Waals surface area contributed by atoms with Crippen LogP contribution in [-0.4, -0.2) is 21.4 Å². The Morgan fingerprint density at radius 3 is 2.52 bits per heavy atom. The molecule has 0 aliphatic carbocycles. The van der Waals surface area contributed by atoms with E-state index in [-0.39, 0.29) is 6.61 Å². The summed E-state index contributed by atoms with van der Waals surface area (Å²) < 4.78 is 43.5. The number of H-pyrrole nitrogens is 1. The molecule has 8 heteroatoms. The summed E-state index contributed by atoms with van der Waals surface area (Å²) in [5, 5.41) is 9.96. The van der Waals surface area contributed by atoms with Crippen LogP contribution in [-0.2, 0) is 17.6 Å². The lowest BCUT2D eigenvalue weighted by atomic mass is 9.96. The molecule has 2 N–H and O–H groups in total. The van der Waals surface area contributed by atoms with E-state index in [9.17, 15) is 23.1 Å². The fourth-order valence-corrected chi connectivity index (χ4v) is 3.28. The first-order chi connectivity index (χ1) is 14.8. The first-order valence-corrected chi connectivity index (χ1v) is 9.36. The van der Waals surface area contributed by atoms with Crippen molar-refractivity contribution in [2.24, 2.45) is 0 Å². The van der Waals surface area contributed by atoms with Gasteiger partial charge in [-0.3, -0.25) is 0 Å². The van der Waals surface area contributed by atoms with Crippen molar-refractivity contribution in [1.29, 1.82) is 0 Å². The normalized spacial score (nSPS) is 12.6. The van der Waals surface area contributed by atoms with E-state index in [0.29, 0.717) is 28.9 Å². The summed E-state index contributed by atoms with van der Waals surface area (Å²) in [5.41, 5.74) is 2.68. The van der Waals surface area contributed by atoms with Crippen LogP contribution in [0.5, 0.6) is 5.75 Å². The molecule has 158 valence electrons. The van der Waals surface area contributed by atoms with Gasteiger partial charge in [0.05, 0.1) is 16.6 Å². The van der Waals surface area contributed by atoms with E-state index in [2.05, 4.69) is 9.97 Å². The first-order valence-electron chi connectivity index (χ1n) is 9.36. The Balaban J connectivity index is 1.54. The van der Waals surface area contributed by atoms with Crippen LogP contribution in [0.3, 0.4) is 0 Å². The van der Waals surface area contributed by atoms with Crippen molar-refractivity contribution in [1.82, 2.24) is 9.97 Å². The van der Waals surface area contributed by atoms with Crippen LogP contribution in [0, 0.1) is 0 Å². The number of halogens is 3. The maximum atomic E-state index is 12.6. The van der Waals surface area contributed by atoms with Gasteiger partial charge in [-0.1, -0.05) is 30.3 Å². The summed E-state index contributed by atoms with van der Waals surface area (Å²) in [5.74, 6) is 0.805. The fourth-order valence-electron chi connectivity index (χ4n) is 3.28. The zero-order valence-corrected chi connectivity index (χ0v) is 16.1. The topological polar surface area (TPSA) is 75.2 Å². The van der Waals surface area contributed by atoms with Crippen LogP contribution >= 0.6 is 0 Å².